The molecule has 82 valence electrons. The highest BCUT2D eigenvalue weighted by Gasteiger charge is 2.39. The van der Waals surface area contributed by atoms with Crippen LogP contribution in [0.25, 0.3) is 0 Å². The average Bonchev–Trinajstić information content (AvgIpc) is 2.76. The van der Waals surface area contributed by atoms with E-state index in [2.05, 4.69) is 29.4 Å². The molecule has 1 aliphatic rings. The normalized spacial score (nSPS) is 23.9. The Balaban J connectivity index is 1.90. The highest BCUT2D eigenvalue weighted by atomic mass is 32.2. The Morgan fingerprint density at radius 3 is 3.00 bits per heavy atom. The van der Waals surface area contributed by atoms with Gasteiger partial charge in [-0.15, -0.1) is 10.2 Å². The SMILES string of the molecule is CCSc1nnc(NC(=O)[C@@H]2C[C@H]2C)s1. The molecule has 0 radical (unpaired) electrons. The minimum atomic E-state index is 0.0895. The number of nitrogens with one attached hydrogen (secondary N) is 1. The van der Waals surface area contributed by atoms with Crippen molar-refractivity contribution in [2.45, 2.75) is 24.6 Å². The third-order valence-corrected chi connectivity index (χ3v) is 4.20. The summed E-state index contributed by atoms with van der Waals surface area (Å²) >= 11 is 3.08. The quantitative estimate of drug-likeness (QED) is 0.651. The fourth-order valence-electron chi connectivity index (χ4n) is 1.33. The van der Waals surface area contributed by atoms with Crippen LogP contribution in [0.3, 0.4) is 0 Å². The molecular formula is C9H13N3OS2. The van der Waals surface area contributed by atoms with Crippen LogP contribution in [0.15, 0.2) is 4.34 Å². The molecule has 2 atom stereocenters. The van der Waals surface area contributed by atoms with Gasteiger partial charge >= 0.3 is 0 Å². The first-order chi connectivity index (χ1) is 7.20. The smallest absolute Gasteiger partial charge is 0.229 e. The van der Waals surface area contributed by atoms with Crippen LogP contribution in [0.4, 0.5) is 5.13 Å². The van der Waals surface area contributed by atoms with Crippen LogP contribution in [0.5, 0.6) is 0 Å². The monoisotopic (exact) mass is 243 g/mol. The van der Waals surface area contributed by atoms with Gasteiger partial charge in [0, 0.05) is 5.92 Å². The number of thioether (sulfide) groups is 1. The van der Waals surface area contributed by atoms with Crippen molar-refractivity contribution in [3.05, 3.63) is 0 Å². The Kier molecular flexibility index (Phi) is 3.25. The van der Waals surface area contributed by atoms with Crippen molar-refractivity contribution in [2.75, 3.05) is 11.1 Å². The summed E-state index contributed by atoms with van der Waals surface area (Å²) in [4.78, 5) is 11.6. The van der Waals surface area contributed by atoms with Gasteiger partial charge in [0.25, 0.3) is 0 Å². The molecule has 1 N–H and O–H groups in total. The van der Waals surface area contributed by atoms with E-state index in [4.69, 9.17) is 0 Å². The Morgan fingerprint density at radius 1 is 1.67 bits per heavy atom. The number of nitrogens with zero attached hydrogens (tertiary/aromatic N) is 2. The van der Waals surface area contributed by atoms with Crippen LogP contribution in [-0.4, -0.2) is 21.9 Å². The largest absolute Gasteiger partial charge is 0.300 e. The van der Waals surface area contributed by atoms with Crippen LogP contribution in [0.2, 0.25) is 0 Å². The molecule has 1 heterocycles. The molecule has 4 nitrogen and oxygen atoms in total. The Morgan fingerprint density at radius 2 is 2.40 bits per heavy atom. The van der Waals surface area contributed by atoms with Crippen LogP contribution in [0, 0.1) is 11.8 Å². The van der Waals surface area contributed by atoms with Gasteiger partial charge in [-0.25, -0.2) is 0 Å². The number of carbonyl (C=O) groups is 1. The van der Waals surface area contributed by atoms with E-state index < -0.39 is 0 Å². The molecule has 15 heavy (non-hydrogen) atoms. The summed E-state index contributed by atoms with van der Waals surface area (Å²) in [7, 11) is 0. The molecule has 0 unspecified atom stereocenters. The Labute approximate surface area is 96.9 Å². The fraction of sp³-hybridized carbons (Fsp3) is 0.667. The molecule has 2 rings (SSSR count). The Hall–Kier alpha value is -0.620. The number of amides is 1. The maximum atomic E-state index is 11.6. The summed E-state index contributed by atoms with van der Waals surface area (Å²) in [5, 5.41) is 11.3. The number of aromatic nitrogens is 2. The molecule has 6 heteroatoms. The van der Waals surface area contributed by atoms with E-state index in [0.717, 1.165) is 16.5 Å². The van der Waals surface area contributed by atoms with Gasteiger partial charge in [-0.3, -0.25) is 4.79 Å². The topological polar surface area (TPSA) is 54.9 Å². The number of hydrogen-bond acceptors (Lipinski definition) is 5. The first-order valence-corrected chi connectivity index (χ1v) is 6.78. The average molecular weight is 243 g/mol. The molecule has 0 spiro atoms. The van der Waals surface area contributed by atoms with Crippen molar-refractivity contribution < 1.29 is 4.79 Å². The van der Waals surface area contributed by atoms with E-state index >= 15 is 0 Å². The summed E-state index contributed by atoms with van der Waals surface area (Å²) in [5.41, 5.74) is 0. The second-order valence-electron chi connectivity index (χ2n) is 3.61. The minimum Gasteiger partial charge on any atom is -0.300 e. The summed E-state index contributed by atoms with van der Waals surface area (Å²) in [5.74, 6) is 1.78. The lowest BCUT2D eigenvalue weighted by Crippen LogP contribution is -2.14. The summed E-state index contributed by atoms with van der Waals surface area (Å²) < 4.78 is 0.914. The van der Waals surface area contributed by atoms with E-state index in [9.17, 15) is 4.79 Å². The summed E-state index contributed by atoms with van der Waals surface area (Å²) in [6.07, 6.45) is 1.00. The fourth-order valence-corrected chi connectivity index (χ4v) is 2.98. The van der Waals surface area contributed by atoms with Crippen molar-refractivity contribution in [1.29, 1.82) is 0 Å². The van der Waals surface area contributed by atoms with Gasteiger partial charge in [-0.05, 0) is 18.1 Å². The van der Waals surface area contributed by atoms with E-state index in [-0.39, 0.29) is 11.8 Å². The number of hydrogen-bond donors (Lipinski definition) is 1. The molecule has 0 saturated heterocycles. The second kappa shape index (κ2) is 4.49. The maximum Gasteiger partial charge on any atom is 0.229 e. The van der Waals surface area contributed by atoms with Crippen LogP contribution in [-0.2, 0) is 4.79 Å². The standard InChI is InChI=1S/C9H13N3OS2/c1-3-14-9-12-11-8(15-9)10-7(13)6-4-5(6)2/h5-6H,3-4H2,1-2H3,(H,10,11,13)/t5-,6-/m1/s1. The van der Waals surface area contributed by atoms with Gasteiger partial charge in [0.1, 0.15) is 0 Å². The highest BCUT2D eigenvalue weighted by Crippen LogP contribution is 2.38. The van der Waals surface area contributed by atoms with E-state index in [1.165, 1.54) is 11.3 Å². The van der Waals surface area contributed by atoms with E-state index in [1.807, 2.05) is 0 Å². The zero-order valence-corrected chi connectivity index (χ0v) is 10.3. The van der Waals surface area contributed by atoms with Gasteiger partial charge in [0.05, 0.1) is 0 Å². The summed E-state index contributed by atoms with van der Waals surface area (Å²) in [6, 6.07) is 0. The zero-order valence-electron chi connectivity index (χ0n) is 8.69. The predicted octanol–water partition coefficient (Wildman–Crippen LogP) is 2.24. The molecule has 0 aliphatic heterocycles. The van der Waals surface area contributed by atoms with Crippen molar-refractivity contribution in [3.63, 3.8) is 0 Å². The molecule has 1 fully saturated rings. The van der Waals surface area contributed by atoms with Crippen LogP contribution < -0.4 is 5.32 Å². The first-order valence-electron chi connectivity index (χ1n) is 4.98. The second-order valence-corrected chi connectivity index (χ2v) is 6.10. The maximum absolute atomic E-state index is 11.6. The molecule has 1 aromatic heterocycles. The molecule has 0 aromatic carbocycles. The van der Waals surface area contributed by atoms with Crippen molar-refractivity contribution in [2.24, 2.45) is 11.8 Å². The molecule has 1 saturated carbocycles. The zero-order chi connectivity index (χ0) is 10.8. The lowest BCUT2D eigenvalue weighted by molar-refractivity contribution is -0.117. The van der Waals surface area contributed by atoms with Gasteiger partial charge in [0.2, 0.25) is 11.0 Å². The van der Waals surface area contributed by atoms with Gasteiger partial charge in [0.15, 0.2) is 4.34 Å². The van der Waals surface area contributed by atoms with Gasteiger partial charge < -0.3 is 5.32 Å². The van der Waals surface area contributed by atoms with E-state index in [0.29, 0.717) is 11.0 Å². The van der Waals surface area contributed by atoms with Crippen LogP contribution in [0.1, 0.15) is 20.3 Å². The molecule has 0 bridgehead atoms. The van der Waals surface area contributed by atoms with Crippen molar-refractivity contribution in [1.82, 2.24) is 10.2 Å². The van der Waals surface area contributed by atoms with Gasteiger partial charge in [-0.1, -0.05) is 36.9 Å². The number of rotatable bonds is 4. The van der Waals surface area contributed by atoms with Crippen molar-refractivity contribution >= 4 is 34.1 Å². The third-order valence-electron chi connectivity index (χ3n) is 2.35. The molecule has 1 aromatic rings. The minimum absolute atomic E-state index is 0.0895. The predicted molar refractivity (Wildman–Crippen MR) is 62.2 cm³/mol. The first kappa shape index (κ1) is 10.9. The molecule has 1 aliphatic carbocycles. The number of carbonyl (C=O) groups excluding carboxylic acids is 1. The third kappa shape index (κ3) is 2.69. The molecule has 1 amide bonds. The van der Waals surface area contributed by atoms with Crippen LogP contribution >= 0.6 is 23.1 Å². The highest BCUT2D eigenvalue weighted by molar-refractivity contribution is 8.01. The molecular weight excluding hydrogens is 230 g/mol. The van der Waals surface area contributed by atoms with Crippen molar-refractivity contribution in [3.8, 4) is 0 Å². The lowest BCUT2D eigenvalue weighted by atomic mass is 10.3. The Bertz CT molecular complexity index is 366. The van der Waals surface area contributed by atoms with E-state index in [1.54, 1.807) is 11.8 Å². The number of anilines is 1. The van der Waals surface area contributed by atoms with Gasteiger partial charge in [-0.2, -0.15) is 0 Å². The summed E-state index contributed by atoms with van der Waals surface area (Å²) in [6.45, 7) is 4.15. The lowest BCUT2D eigenvalue weighted by Gasteiger charge is -1.97.